The van der Waals surface area contributed by atoms with Gasteiger partial charge in [0.1, 0.15) is 17.7 Å². The number of nitrogens with one attached hydrogen (secondary N) is 2. The fourth-order valence-corrected chi connectivity index (χ4v) is 4.74. The quantitative estimate of drug-likeness (QED) is 0.305. The molecule has 0 heterocycles. The van der Waals surface area contributed by atoms with E-state index in [1.54, 1.807) is 25.7 Å². The van der Waals surface area contributed by atoms with Crippen LogP contribution in [0.4, 0.5) is 10.5 Å². The zero-order chi connectivity index (χ0) is 29.6. The van der Waals surface area contributed by atoms with Gasteiger partial charge in [-0.15, -0.1) is 0 Å². The molecule has 0 aromatic heterocycles. The van der Waals surface area contributed by atoms with E-state index in [1.807, 2.05) is 95.3 Å². The van der Waals surface area contributed by atoms with Crippen LogP contribution in [0.3, 0.4) is 0 Å². The van der Waals surface area contributed by atoms with Crippen LogP contribution in [0.15, 0.2) is 60.7 Å². The Bertz CT molecular complexity index is 1360. The third-order valence-corrected chi connectivity index (χ3v) is 7.08. The van der Waals surface area contributed by atoms with Gasteiger partial charge in [-0.1, -0.05) is 74.4 Å². The molecule has 0 radical (unpaired) electrons. The highest BCUT2D eigenvalue weighted by atomic mass is 16.6. The van der Waals surface area contributed by atoms with Gasteiger partial charge in [-0.2, -0.15) is 0 Å². The number of hydrogen-bond acceptors (Lipinski definition) is 4. The minimum atomic E-state index is -0.907. The number of carbonyl (C=O) groups is 3. The SMILES string of the molecule is CCC(C)C(NC(=O)OC(C)(C)C)C(=O)N(CC)C(C(=O)Nc1ccc2ccccc2c1)c1cc(C)ccc1C. The molecule has 0 saturated carbocycles. The van der Waals surface area contributed by atoms with Crippen molar-refractivity contribution in [1.29, 1.82) is 0 Å². The number of likely N-dealkylation sites (N-methyl/N-ethyl adjacent to an activating group) is 1. The number of aryl methyl sites for hydroxylation is 2. The van der Waals surface area contributed by atoms with E-state index in [4.69, 9.17) is 4.74 Å². The van der Waals surface area contributed by atoms with Crippen molar-refractivity contribution in [3.05, 3.63) is 77.4 Å². The zero-order valence-corrected chi connectivity index (χ0v) is 25.0. The average molecular weight is 546 g/mol. The molecule has 7 heteroatoms. The predicted octanol–water partition coefficient (Wildman–Crippen LogP) is 6.92. The van der Waals surface area contributed by atoms with Crippen LogP contribution >= 0.6 is 0 Å². The smallest absolute Gasteiger partial charge is 0.408 e. The predicted molar refractivity (Wildman–Crippen MR) is 161 cm³/mol. The van der Waals surface area contributed by atoms with Crippen LogP contribution in [-0.4, -0.2) is 41.0 Å². The number of benzene rings is 3. The average Bonchev–Trinajstić information content (AvgIpc) is 2.90. The van der Waals surface area contributed by atoms with Gasteiger partial charge in [0, 0.05) is 12.2 Å². The van der Waals surface area contributed by atoms with E-state index < -0.39 is 23.8 Å². The molecule has 2 N–H and O–H groups in total. The fourth-order valence-electron chi connectivity index (χ4n) is 4.74. The number of amides is 3. The molecule has 0 saturated heterocycles. The monoisotopic (exact) mass is 545 g/mol. The maximum atomic E-state index is 14.2. The Labute approximate surface area is 238 Å². The Morgan fingerprint density at radius 3 is 2.23 bits per heavy atom. The van der Waals surface area contributed by atoms with E-state index in [1.165, 1.54) is 0 Å². The van der Waals surface area contributed by atoms with Crippen LogP contribution in [0.25, 0.3) is 10.8 Å². The molecule has 3 atom stereocenters. The van der Waals surface area contributed by atoms with Crippen LogP contribution in [0, 0.1) is 19.8 Å². The van der Waals surface area contributed by atoms with Gasteiger partial charge in [-0.05, 0) is 81.5 Å². The number of ether oxygens (including phenoxy) is 1. The summed E-state index contributed by atoms with van der Waals surface area (Å²) >= 11 is 0. The summed E-state index contributed by atoms with van der Waals surface area (Å²) in [6.45, 7) is 15.2. The molecule has 7 nitrogen and oxygen atoms in total. The van der Waals surface area contributed by atoms with Crippen molar-refractivity contribution in [2.75, 3.05) is 11.9 Å². The van der Waals surface area contributed by atoms with E-state index in [-0.39, 0.29) is 24.3 Å². The summed E-state index contributed by atoms with van der Waals surface area (Å²) in [4.78, 5) is 42.6. The fraction of sp³-hybridized carbons (Fsp3) is 0.424. The van der Waals surface area contributed by atoms with Crippen molar-refractivity contribution >= 4 is 34.4 Å². The minimum Gasteiger partial charge on any atom is -0.444 e. The molecule has 0 spiro atoms. The number of rotatable bonds is 9. The van der Waals surface area contributed by atoms with Crippen LogP contribution in [0.5, 0.6) is 0 Å². The molecule has 0 aliphatic carbocycles. The number of hydrogen-bond donors (Lipinski definition) is 2. The summed E-state index contributed by atoms with van der Waals surface area (Å²) in [5.41, 5.74) is 2.56. The van der Waals surface area contributed by atoms with Crippen LogP contribution in [-0.2, 0) is 14.3 Å². The van der Waals surface area contributed by atoms with Gasteiger partial charge >= 0.3 is 6.09 Å². The lowest BCUT2D eigenvalue weighted by Crippen LogP contribution is -2.54. The first-order valence-electron chi connectivity index (χ1n) is 14.0. The molecule has 3 unspecified atom stereocenters. The standard InChI is InChI=1S/C33H43N3O4/c1-9-22(4)28(35-32(39)40-33(6,7)8)31(38)36(10-2)29(27-19-21(3)15-16-23(27)5)30(37)34-26-18-17-24-13-11-12-14-25(24)20-26/h11-20,22,28-29H,9-10H2,1-8H3,(H,34,37)(H,35,39). The topological polar surface area (TPSA) is 87.7 Å². The van der Waals surface area contributed by atoms with Gasteiger partial charge in [-0.3, -0.25) is 9.59 Å². The third-order valence-electron chi connectivity index (χ3n) is 7.08. The normalized spacial score (nSPS) is 13.7. The van der Waals surface area contributed by atoms with Crippen molar-refractivity contribution in [3.8, 4) is 0 Å². The number of carbonyl (C=O) groups excluding carboxylic acids is 3. The van der Waals surface area contributed by atoms with E-state index in [2.05, 4.69) is 10.6 Å². The molecule has 0 aliphatic rings. The number of alkyl carbamates (subject to hydrolysis) is 1. The summed E-state index contributed by atoms with van der Waals surface area (Å²) < 4.78 is 5.47. The number of anilines is 1. The third kappa shape index (κ3) is 7.62. The summed E-state index contributed by atoms with van der Waals surface area (Å²) in [5.74, 6) is -0.835. The molecule has 0 fully saturated rings. The molecule has 0 bridgehead atoms. The highest BCUT2D eigenvalue weighted by Gasteiger charge is 2.38. The molecule has 3 aromatic rings. The van der Waals surface area contributed by atoms with Crippen molar-refractivity contribution < 1.29 is 19.1 Å². The molecular weight excluding hydrogens is 502 g/mol. The molecule has 0 aliphatic heterocycles. The molecule has 214 valence electrons. The Hall–Kier alpha value is -3.87. The van der Waals surface area contributed by atoms with Gasteiger partial charge < -0.3 is 20.3 Å². The lowest BCUT2D eigenvalue weighted by Gasteiger charge is -2.36. The van der Waals surface area contributed by atoms with Crippen LogP contribution in [0.2, 0.25) is 0 Å². The lowest BCUT2D eigenvalue weighted by atomic mass is 9.93. The van der Waals surface area contributed by atoms with Gasteiger partial charge in [0.2, 0.25) is 5.91 Å². The first kappa shape index (κ1) is 30.7. The first-order valence-corrected chi connectivity index (χ1v) is 14.0. The van der Waals surface area contributed by atoms with Gasteiger partial charge in [0.05, 0.1) is 0 Å². The summed E-state index contributed by atoms with van der Waals surface area (Å²) in [7, 11) is 0. The zero-order valence-electron chi connectivity index (χ0n) is 25.0. The van der Waals surface area contributed by atoms with Crippen LogP contribution in [0.1, 0.15) is 70.7 Å². The summed E-state index contributed by atoms with van der Waals surface area (Å²) in [6, 6.07) is 17.8. The van der Waals surface area contributed by atoms with Crippen molar-refractivity contribution in [2.24, 2.45) is 5.92 Å². The van der Waals surface area contributed by atoms with E-state index >= 15 is 0 Å². The Kier molecular flexibility index (Phi) is 9.96. The van der Waals surface area contributed by atoms with Crippen molar-refractivity contribution in [3.63, 3.8) is 0 Å². The second-order valence-corrected chi connectivity index (χ2v) is 11.4. The summed E-state index contributed by atoms with van der Waals surface area (Å²) in [6.07, 6.45) is -0.00706. The van der Waals surface area contributed by atoms with E-state index in [0.29, 0.717) is 12.1 Å². The van der Waals surface area contributed by atoms with E-state index in [9.17, 15) is 14.4 Å². The van der Waals surface area contributed by atoms with Gasteiger partial charge in [0.25, 0.3) is 5.91 Å². The van der Waals surface area contributed by atoms with E-state index in [0.717, 1.165) is 27.5 Å². The first-order chi connectivity index (χ1) is 18.8. The number of fused-ring (bicyclic) bond motifs is 1. The van der Waals surface area contributed by atoms with Crippen LogP contribution < -0.4 is 10.6 Å². The summed E-state index contributed by atoms with van der Waals surface area (Å²) in [5, 5.41) is 7.93. The second kappa shape index (κ2) is 13.0. The molecule has 3 aromatic carbocycles. The largest absolute Gasteiger partial charge is 0.444 e. The lowest BCUT2D eigenvalue weighted by molar-refractivity contribution is -0.141. The molecule has 3 rings (SSSR count). The Balaban J connectivity index is 2.03. The highest BCUT2D eigenvalue weighted by molar-refractivity contribution is 6.00. The van der Waals surface area contributed by atoms with Gasteiger partial charge in [-0.25, -0.2) is 4.79 Å². The molecular formula is C33H43N3O4. The maximum absolute atomic E-state index is 14.2. The van der Waals surface area contributed by atoms with Gasteiger partial charge in [0.15, 0.2) is 0 Å². The second-order valence-electron chi connectivity index (χ2n) is 11.4. The highest BCUT2D eigenvalue weighted by Crippen LogP contribution is 2.29. The number of nitrogens with zero attached hydrogens (tertiary/aromatic N) is 1. The Morgan fingerprint density at radius 1 is 0.925 bits per heavy atom. The Morgan fingerprint density at radius 2 is 1.60 bits per heavy atom. The maximum Gasteiger partial charge on any atom is 0.408 e. The molecule has 3 amide bonds. The van der Waals surface area contributed by atoms with Crippen molar-refractivity contribution in [2.45, 2.75) is 79.5 Å². The molecule has 40 heavy (non-hydrogen) atoms. The minimum absolute atomic E-state index is 0.183. The van der Waals surface area contributed by atoms with Crippen molar-refractivity contribution in [1.82, 2.24) is 10.2 Å².